The van der Waals surface area contributed by atoms with E-state index in [0.717, 1.165) is 11.3 Å². The quantitative estimate of drug-likeness (QED) is 0.690. The van der Waals surface area contributed by atoms with Crippen molar-refractivity contribution in [2.24, 2.45) is 11.8 Å². The minimum Gasteiger partial charge on any atom is -0.496 e. The lowest BCUT2D eigenvalue weighted by molar-refractivity contribution is -0.125. The Morgan fingerprint density at radius 1 is 1.04 bits per heavy atom. The second kappa shape index (κ2) is 8.69. The highest BCUT2D eigenvalue weighted by atomic mass is 16.5. The molecule has 6 nitrogen and oxygen atoms in total. The monoisotopic (exact) mass is 380 g/mol. The first-order valence-electron chi connectivity index (χ1n) is 9.31. The predicted octanol–water partition coefficient (Wildman–Crippen LogP) is 2.83. The number of benzene rings is 2. The number of anilines is 1. The molecule has 0 aromatic heterocycles. The number of carbonyl (C=O) groups is 3. The van der Waals surface area contributed by atoms with E-state index in [9.17, 15) is 14.4 Å². The summed E-state index contributed by atoms with van der Waals surface area (Å²) < 4.78 is 5.30. The molecule has 1 aliphatic carbocycles. The van der Waals surface area contributed by atoms with Gasteiger partial charge in [-0.05, 0) is 43.5 Å². The average molecular weight is 380 g/mol. The highest BCUT2D eigenvalue weighted by Gasteiger charge is 2.47. The maximum absolute atomic E-state index is 12.4. The summed E-state index contributed by atoms with van der Waals surface area (Å²) >= 11 is 0. The van der Waals surface area contributed by atoms with Crippen LogP contribution in [-0.2, 0) is 16.0 Å². The van der Waals surface area contributed by atoms with Crippen LogP contribution in [0.25, 0.3) is 0 Å². The molecule has 0 heterocycles. The molecule has 2 amide bonds. The topological polar surface area (TPSA) is 84.5 Å². The fourth-order valence-electron chi connectivity index (χ4n) is 3.19. The van der Waals surface area contributed by atoms with Crippen LogP contribution in [0, 0.1) is 11.8 Å². The molecule has 0 radical (unpaired) electrons. The summed E-state index contributed by atoms with van der Waals surface area (Å²) in [4.78, 5) is 36.1. The fraction of sp³-hybridized carbons (Fsp3) is 0.318. The van der Waals surface area contributed by atoms with Crippen molar-refractivity contribution in [2.45, 2.75) is 19.8 Å². The molecule has 0 saturated heterocycles. The molecule has 3 rings (SSSR count). The summed E-state index contributed by atoms with van der Waals surface area (Å²) in [5.41, 5.74) is 2.14. The first kappa shape index (κ1) is 19.6. The van der Waals surface area contributed by atoms with E-state index in [1.807, 2.05) is 24.3 Å². The van der Waals surface area contributed by atoms with Gasteiger partial charge in [-0.2, -0.15) is 0 Å². The van der Waals surface area contributed by atoms with Gasteiger partial charge in [0.15, 0.2) is 5.78 Å². The Kier molecular flexibility index (Phi) is 6.09. The largest absolute Gasteiger partial charge is 0.496 e. The molecule has 28 heavy (non-hydrogen) atoms. The van der Waals surface area contributed by atoms with Gasteiger partial charge in [0.1, 0.15) is 5.75 Å². The van der Waals surface area contributed by atoms with Gasteiger partial charge in [0.25, 0.3) is 0 Å². The van der Waals surface area contributed by atoms with Crippen LogP contribution in [0.1, 0.15) is 29.3 Å². The number of methoxy groups -OCH3 is 1. The molecule has 2 aromatic carbocycles. The molecule has 1 saturated carbocycles. The fourth-order valence-corrected chi connectivity index (χ4v) is 3.19. The molecule has 0 spiro atoms. The maximum atomic E-state index is 12.4. The molecule has 146 valence electrons. The van der Waals surface area contributed by atoms with Crippen LogP contribution in [0.15, 0.2) is 48.5 Å². The van der Waals surface area contributed by atoms with Gasteiger partial charge in [0, 0.05) is 17.8 Å². The van der Waals surface area contributed by atoms with Crippen LogP contribution in [0.5, 0.6) is 5.75 Å². The maximum Gasteiger partial charge on any atom is 0.228 e. The lowest BCUT2D eigenvalue weighted by atomic mass is 10.1. The van der Waals surface area contributed by atoms with Crippen molar-refractivity contribution in [2.75, 3.05) is 19.0 Å². The molecule has 1 fully saturated rings. The Hall–Kier alpha value is -3.15. The van der Waals surface area contributed by atoms with E-state index in [4.69, 9.17) is 4.74 Å². The zero-order valence-corrected chi connectivity index (χ0v) is 16.0. The zero-order chi connectivity index (χ0) is 20.1. The van der Waals surface area contributed by atoms with Gasteiger partial charge in [-0.15, -0.1) is 0 Å². The molecule has 2 unspecified atom stereocenters. The minimum absolute atomic E-state index is 0.0604. The number of ketones is 1. The number of amides is 2. The van der Waals surface area contributed by atoms with Crippen molar-refractivity contribution in [1.29, 1.82) is 0 Å². The van der Waals surface area contributed by atoms with E-state index in [1.165, 1.54) is 6.92 Å². The lowest BCUT2D eigenvalue weighted by Gasteiger charge is -2.09. The smallest absolute Gasteiger partial charge is 0.228 e. The summed E-state index contributed by atoms with van der Waals surface area (Å²) in [5, 5.41) is 5.69. The third-order valence-electron chi connectivity index (χ3n) is 4.89. The summed E-state index contributed by atoms with van der Waals surface area (Å²) in [6, 6.07) is 14.5. The van der Waals surface area contributed by atoms with Crippen LogP contribution < -0.4 is 15.4 Å². The average Bonchev–Trinajstić information content (AvgIpc) is 3.49. The molecule has 2 N–H and O–H groups in total. The van der Waals surface area contributed by atoms with Crippen molar-refractivity contribution in [1.82, 2.24) is 5.32 Å². The van der Waals surface area contributed by atoms with Crippen molar-refractivity contribution < 1.29 is 19.1 Å². The summed E-state index contributed by atoms with van der Waals surface area (Å²) in [5.74, 6) is -0.179. The second-order valence-electron chi connectivity index (χ2n) is 6.93. The molecule has 2 aromatic rings. The van der Waals surface area contributed by atoms with Crippen molar-refractivity contribution >= 4 is 23.3 Å². The van der Waals surface area contributed by atoms with Crippen molar-refractivity contribution in [3.63, 3.8) is 0 Å². The summed E-state index contributed by atoms with van der Waals surface area (Å²) in [6.45, 7) is 1.97. The van der Waals surface area contributed by atoms with Crippen molar-refractivity contribution in [3.8, 4) is 5.75 Å². The molecule has 2 atom stereocenters. The number of Topliss-reactive ketones (excluding diaryl/α,β-unsaturated/α-hetero) is 1. The number of hydrogen-bond donors (Lipinski definition) is 2. The van der Waals surface area contributed by atoms with Crippen LogP contribution in [0.2, 0.25) is 0 Å². The van der Waals surface area contributed by atoms with Crippen LogP contribution in [-0.4, -0.2) is 31.3 Å². The summed E-state index contributed by atoms with van der Waals surface area (Å²) in [7, 11) is 1.62. The Bertz CT molecular complexity index is 894. The number of carbonyl (C=O) groups excluding carboxylic acids is 3. The highest BCUT2D eigenvalue weighted by Crippen LogP contribution is 2.39. The van der Waals surface area contributed by atoms with Crippen LogP contribution in [0.3, 0.4) is 0 Å². The van der Waals surface area contributed by atoms with Crippen LogP contribution >= 0.6 is 0 Å². The van der Waals surface area contributed by atoms with E-state index in [1.54, 1.807) is 31.4 Å². The van der Waals surface area contributed by atoms with E-state index in [0.29, 0.717) is 30.6 Å². The normalized spacial score (nSPS) is 17.5. The first-order chi connectivity index (χ1) is 13.5. The predicted molar refractivity (Wildman–Crippen MR) is 106 cm³/mol. The molecule has 0 bridgehead atoms. The molecular weight excluding hydrogens is 356 g/mol. The van der Waals surface area contributed by atoms with Gasteiger partial charge in [0.2, 0.25) is 11.8 Å². The SMILES string of the molecule is COc1ccccc1CCNC(=O)C1CC1C(=O)Nc1cccc(C(C)=O)c1. The highest BCUT2D eigenvalue weighted by molar-refractivity contribution is 6.01. The van der Waals surface area contributed by atoms with E-state index >= 15 is 0 Å². The third kappa shape index (κ3) is 4.76. The third-order valence-corrected chi connectivity index (χ3v) is 4.89. The van der Waals surface area contributed by atoms with Crippen LogP contribution in [0.4, 0.5) is 5.69 Å². The number of nitrogens with one attached hydrogen (secondary N) is 2. The van der Waals surface area contributed by atoms with Gasteiger partial charge in [-0.3, -0.25) is 14.4 Å². The van der Waals surface area contributed by atoms with Gasteiger partial charge in [-0.1, -0.05) is 30.3 Å². The number of rotatable bonds is 8. The first-order valence-corrected chi connectivity index (χ1v) is 9.31. The number of para-hydroxylation sites is 1. The van der Waals surface area contributed by atoms with Gasteiger partial charge < -0.3 is 15.4 Å². The number of ether oxygens (including phenoxy) is 1. The Morgan fingerprint density at radius 2 is 1.79 bits per heavy atom. The number of hydrogen-bond acceptors (Lipinski definition) is 4. The van der Waals surface area contributed by atoms with Gasteiger partial charge in [0.05, 0.1) is 18.9 Å². The van der Waals surface area contributed by atoms with Crippen molar-refractivity contribution in [3.05, 3.63) is 59.7 Å². The second-order valence-corrected chi connectivity index (χ2v) is 6.93. The molecule has 1 aliphatic rings. The molecule has 6 heteroatoms. The Labute approximate surface area is 164 Å². The Balaban J connectivity index is 1.46. The summed E-state index contributed by atoms with van der Waals surface area (Å²) in [6.07, 6.45) is 1.20. The molecular formula is C22H24N2O4. The zero-order valence-electron chi connectivity index (χ0n) is 16.0. The van der Waals surface area contributed by atoms with E-state index in [2.05, 4.69) is 10.6 Å². The Morgan fingerprint density at radius 3 is 2.54 bits per heavy atom. The van der Waals surface area contributed by atoms with Gasteiger partial charge in [-0.25, -0.2) is 0 Å². The van der Waals surface area contributed by atoms with E-state index in [-0.39, 0.29) is 29.4 Å². The standard InChI is InChI=1S/C22H24N2O4/c1-14(25)16-7-5-8-17(12-16)24-22(27)19-13-18(19)21(26)23-11-10-15-6-3-4-9-20(15)28-2/h3-9,12,18-19H,10-11,13H2,1-2H3,(H,23,26)(H,24,27). The molecule has 0 aliphatic heterocycles. The minimum atomic E-state index is -0.327. The van der Waals surface area contributed by atoms with Gasteiger partial charge >= 0.3 is 0 Å². The van der Waals surface area contributed by atoms with E-state index < -0.39 is 0 Å². The lowest BCUT2D eigenvalue weighted by Crippen LogP contribution is -2.29.